The van der Waals surface area contributed by atoms with Crippen molar-refractivity contribution in [2.75, 3.05) is 19.7 Å². The number of hydrogen-bond donors (Lipinski definition) is 2. The highest BCUT2D eigenvalue weighted by Gasteiger charge is 2.15. The van der Waals surface area contributed by atoms with Crippen LogP contribution in [0.4, 0.5) is 5.69 Å². The third kappa shape index (κ3) is 6.16. The molecular formula is C17H26N4O3. The number of hydrogen-bond acceptors (Lipinski definition) is 4. The highest BCUT2D eigenvalue weighted by atomic mass is 16.6. The van der Waals surface area contributed by atoms with Crippen LogP contribution in [0.5, 0.6) is 0 Å². The third-order valence-corrected chi connectivity index (χ3v) is 3.91. The molecule has 0 amide bonds. The minimum Gasteiger partial charge on any atom is -0.376 e. The van der Waals surface area contributed by atoms with Gasteiger partial charge in [0.15, 0.2) is 5.96 Å². The smallest absolute Gasteiger partial charge is 0.269 e. The zero-order chi connectivity index (χ0) is 17.2. The molecule has 0 saturated carbocycles. The summed E-state index contributed by atoms with van der Waals surface area (Å²) in [5, 5.41) is 17.3. The van der Waals surface area contributed by atoms with Crippen LogP contribution in [0.15, 0.2) is 29.3 Å². The second-order valence-corrected chi connectivity index (χ2v) is 5.88. The molecule has 1 heterocycles. The van der Waals surface area contributed by atoms with E-state index in [-0.39, 0.29) is 11.8 Å². The SMILES string of the molecule is CCCCNC(=NCc1ccc([N+](=O)[O-])cc1)NCC1CCCO1. The minimum atomic E-state index is -0.395. The Labute approximate surface area is 142 Å². The van der Waals surface area contributed by atoms with E-state index in [1.807, 2.05) is 0 Å². The normalized spacial score (nSPS) is 17.7. The van der Waals surface area contributed by atoms with Gasteiger partial charge in [-0.25, -0.2) is 4.99 Å². The van der Waals surface area contributed by atoms with Gasteiger partial charge in [0.05, 0.1) is 17.6 Å². The maximum absolute atomic E-state index is 10.7. The van der Waals surface area contributed by atoms with Crippen LogP contribution in [-0.4, -0.2) is 36.7 Å². The van der Waals surface area contributed by atoms with Gasteiger partial charge in [-0.15, -0.1) is 0 Å². The van der Waals surface area contributed by atoms with Crippen molar-refractivity contribution in [3.8, 4) is 0 Å². The number of ether oxygens (including phenoxy) is 1. The summed E-state index contributed by atoms with van der Waals surface area (Å²) in [4.78, 5) is 14.9. The largest absolute Gasteiger partial charge is 0.376 e. The molecule has 2 rings (SSSR count). The average Bonchev–Trinajstić information content (AvgIpc) is 3.11. The molecule has 1 unspecified atom stereocenters. The van der Waals surface area contributed by atoms with Gasteiger partial charge in [-0.3, -0.25) is 10.1 Å². The number of nitrogens with zero attached hydrogens (tertiary/aromatic N) is 2. The lowest BCUT2D eigenvalue weighted by Crippen LogP contribution is -2.41. The summed E-state index contributed by atoms with van der Waals surface area (Å²) in [7, 11) is 0. The molecule has 0 spiro atoms. The van der Waals surface area contributed by atoms with E-state index in [1.165, 1.54) is 12.1 Å². The van der Waals surface area contributed by atoms with Crippen molar-refractivity contribution in [2.45, 2.75) is 45.3 Å². The van der Waals surface area contributed by atoms with Crippen LogP contribution in [0.3, 0.4) is 0 Å². The first-order valence-corrected chi connectivity index (χ1v) is 8.56. The molecule has 0 radical (unpaired) electrons. The van der Waals surface area contributed by atoms with E-state index in [0.29, 0.717) is 6.54 Å². The molecule has 132 valence electrons. The molecule has 1 fully saturated rings. The number of rotatable bonds is 8. The predicted octanol–water partition coefficient (Wildman–Crippen LogP) is 2.61. The van der Waals surface area contributed by atoms with Gasteiger partial charge in [0, 0.05) is 31.8 Å². The second-order valence-electron chi connectivity index (χ2n) is 5.88. The van der Waals surface area contributed by atoms with Crippen molar-refractivity contribution in [1.82, 2.24) is 10.6 Å². The quantitative estimate of drug-likeness (QED) is 0.251. The van der Waals surface area contributed by atoms with Crippen LogP contribution < -0.4 is 10.6 Å². The maximum atomic E-state index is 10.7. The van der Waals surface area contributed by atoms with Crippen molar-refractivity contribution < 1.29 is 9.66 Å². The molecule has 1 saturated heterocycles. The fraction of sp³-hybridized carbons (Fsp3) is 0.588. The first kappa shape index (κ1) is 18.2. The number of guanidine groups is 1. The lowest BCUT2D eigenvalue weighted by atomic mass is 10.2. The molecule has 2 N–H and O–H groups in total. The zero-order valence-corrected chi connectivity index (χ0v) is 14.2. The van der Waals surface area contributed by atoms with Gasteiger partial charge in [0.1, 0.15) is 0 Å². The van der Waals surface area contributed by atoms with E-state index >= 15 is 0 Å². The average molecular weight is 334 g/mol. The summed E-state index contributed by atoms with van der Waals surface area (Å²) < 4.78 is 5.62. The lowest BCUT2D eigenvalue weighted by Gasteiger charge is -2.15. The van der Waals surface area contributed by atoms with E-state index in [0.717, 1.165) is 56.9 Å². The molecule has 1 atom stereocenters. The van der Waals surface area contributed by atoms with E-state index < -0.39 is 4.92 Å². The first-order chi connectivity index (χ1) is 11.7. The number of non-ortho nitro benzene ring substituents is 1. The van der Waals surface area contributed by atoms with Gasteiger partial charge in [-0.1, -0.05) is 25.5 Å². The Morgan fingerprint density at radius 3 is 2.79 bits per heavy atom. The first-order valence-electron chi connectivity index (χ1n) is 8.56. The van der Waals surface area contributed by atoms with Crippen LogP contribution >= 0.6 is 0 Å². The minimum absolute atomic E-state index is 0.0977. The Morgan fingerprint density at radius 1 is 1.38 bits per heavy atom. The molecule has 0 bridgehead atoms. The highest BCUT2D eigenvalue weighted by Crippen LogP contribution is 2.13. The van der Waals surface area contributed by atoms with Gasteiger partial charge < -0.3 is 15.4 Å². The lowest BCUT2D eigenvalue weighted by molar-refractivity contribution is -0.384. The summed E-state index contributed by atoms with van der Waals surface area (Å²) in [6.45, 7) is 5.08. The molecule has 24 heavy (non-hydrogen) atoms. The van der Waals surface area contributed by atoms with Gasteiger partial charge in [0.2, 0.25) is 0 Å². The van der Waals surface area contributed by atoms with E-state index in [1.54, 1.807) is 12.1 Å². The van der Waals surface area contributed by atoms with Crippen LogP contribution in [0, 0.1) is 10.1 Å². The molecule has 1 aliphatic rings. The summed E-state index contributed by atoms with van der Waals surface area (Å²) in [5.74, 6) is 0.761. The Bertz CT molecular complexity index is 539. The number of nitrogens with one attached hydrogen (secondary N) is 2. The van der Waals surface area contributed by atoms with Crippen LogP contribution in [0.25, 0.3) is 0 Å². The van der Waals surface area contributed by atoms with Crippen molar-refractivity contribution >= 4 is 11.6 Å². The van der Waals surface area contributed by atoms with Gasteiger partial charge in [-0.05, 0) is 24.8 Å². The van der Waals surface area contributed by atoms with E-state index in [2.05, 4.69) is 22.5 Å². The molecular weight excluding hydrogens is 308 g/mol. The Balaban J connectivity index is 1.90. The number of benzene rings is 1. The Morgan fingerprint density at radius 2 is 2.17 bits per heavy atom. The molecule has 1 aliphatic heterocycles. The predicted molar refractivity (Wildman–Crippen MR) is 94.1 cm³/mol. The van der Waals surface area contributed by atoms with Gasteiger partial charge >= 0.3 is 0 Å². The van der Waals surface area contributed by atoms with Gasteiger partial charge in [-0.2, -0.15) is 0 Å². The topological polar surface area (TPSA) is 88.8 Å². The van der Waals surface area contributed by atoms with E-state index in [9.17, 15) is 10.1 Å². The van der Waals surface area contributed by atoms with Crippen LogP contribution in [0.2, 0.25) is 0 Å². The Kier molecular flexibility index (Phi) is 7.48. The maximum Gasteiger partial charge on any atom is 0.269 e. The number of unbranched alkanes of at least 4 members (excludes halogenated alkanes) is 1. The molecule has 7 nitrogen and oxygen atoms in total. The molecule has 0 aromatic heterocycles. The summed E-state index contributed by atoms with van der Waals surface area (Å²) >= 11 is 0. The zero-order valence-electron chi connectivity index (χ0n) is 14.2. The number of nitro groups is 1. The summed E-state index contributed by atoms with van der Waals surface area (Å²) in [6.07, 6.45) is 4.65. The monoisotopic (exact) mass is 334 g/mol. The standard InChI is InChI=1S/C17H26N4O3/c1-2-3-10-18-17(20-13-16-5-4-11-24-16)19-12-14-6-8-15(9-7-14)21(22)23/h6-9,16H,2-5,10-13H2,1H3,(H2,18,19,20). The van der Waals surface area contributed by atoms with E-state index in [4.69, 9.17) is 4.74 Å². The van der Waals surface area contributed by atoms with Crippen molar-refractivity contribution in [3.05, 3.63) is 39.9 Å². The van der Waals surface area contributed by atoms with Crippen molar-refractivity contribution in [1.29, 1.82) is 0 Å². The highest BCUT2D eigenvalue weighted by molar-refractivity contribution is 5.79. The van der Waals surface area contributed by atoms with Crippen molar-refractivity contribution in [3.63, 3.8) is 0 Å². The van der Waals surface area contributed by atoms with Crippen LogP contribution in [0.1, 0.15) is 38.2 Å². The summed E-state index contributed by atoms with van der Waals surface area (Å²) in [6, 6.07) is 6.50. The Hall–Kier alpha value is -2.15. The van der Waals surface area contributed by atoms with Gasteiger partial charge in [0.25, 0.3) is 5.69 Å². The van der Waals surface area contributed by atoms with Crippen LogP contribution in [-0.2, 0) is 11.3 Å². The third-order valence-electron chi connectivity index (χ3n) is 3.91. The number of nitro benzene ring substituents is 1. The van der Waals surface area contributed by atoms with Crippen molar-refractivity contribution in [2.24, 2.45) is 4.99 Å². The summed E-state index contributed by atoms with van der Waals surface area (Å²) in [5.41, 5.74) is 1.04. The fourth-order valence-electron chi connectivity index (χ4n) is 2.47. The molecule has 7 heteroatoms. The molecule has 1 aromatic rings. The molecule has 0 aliphatic carbocycles. The fourth-order valence-corrected chi connectivity index (χ4v) is 2.47. The number of aliphatic imine (C=N–C) groups is 1. The molecule has 1 aromatic carbocycles. The second kappa shape index (κ2) is 9.87.